The van der Waals surface area contributed by atoms with E-state index in [1.165, 1.54) is 11.8 Å². The lowest BCUT2D eigenvalue weighted by molar-refractivity contribution is -0.126. The lowest BCUT2D eigenvalue weighted by atomic mass is 10.2. The molecule has 0 N–H and O–H groups in total. The number of carbonyl (C=O) groups is 1. The van der Waals surface area contributed by atoms with Gasteiger partial charge in [-0.3, -0.25) is 4.79 Å². The monoisotopic (exact) mass is 190 g/mol. The van der Waals surface area contributed by atoms with Gasteiger partial charge in [0.15, 0.2) is 0 Å². The number of benzene rings is 1. The standard InChI is InChI=1S/C7H5N.C4H9NO/c8-6-7-4-2-1-3-5-7;1-4(6)5(2)3/h1-5H;1-3H3. The zero-order valence-electron chi connectivity index (χ0n) is 8.69. The summed E-state index contributed by atoms with van der Waals surface area (Å²) in [6.45, 7) is 1.53. The van der Waals surface area contributed by atoms with Gasteiger partial charge in [-0.25, -0.2) is 0 Å². The Hall–Kier alpha value is -1.82. The minimum Gasteiger partial charge on any atom is -0.349 e. The van der Waals surface area contributed by atoms with E-state index in [-0.39, 0.29) is 5.91 Å². The summed E-state index contributed by atoms with van der Waals surface area (Å²) in [4.78, 5) is 11.6. The molecule has 0 radical (unpaired) electrons. The van der Waals surface area contributed by atoms with Crippen LogP contribution < -0.4 is 0 Å². The van der Waals surface area contributed by atoms with Crippen molar-refractivity contribution in [2.75, 3.05) is 14.1 Å². The fourth-order valence-corrected chi connectivity index (χ4v) is 0.513. The molecule has 0 bridgehead atoms. The summed E-state index contributed by atoms with van der Waals surface area (Å²) in [5.74, 6) is 0.0926. The number of rotatable bonds is 0. The van der Waals surface area contributed by atoms with Crippen LogP contribution in [0.1, 0.15) is 12.5 Å². The first-order chi connectivity index (χ1) is 6.57. The summed E-state index contributed by atoms with van der Waals surface area (Å²) in [6, 6.07) is 11.2. The van der Waals surface area contributed by atoms with Crippen molar-refractivity contribution in [2.24, 2.45) is 0 Å². The van der Waals surface area contributed by atoms with Crippen molar-refractivity contribution < 1.29 is 4.79 Å². The van der Waals surface area contributed by atoms with Crippen molar-refractivity contribution in [3.8, 4) is 6.07 Å². The first-order valence-electron chi connectivity index (χ1n) is 4.21. The second kappa shape index (κ2) is 6.67. The Morgan fingerprint density at radius 3 is 1.93 bits per heavy atom. The average molecular weight is 190 g/mol. The van der Waals surface area contributed by atoms with Gasteiger partial charge in [0.2, 0.25) is 5.91 Å². The zero-order chi connectivity index (χ0) is 11.0. The first kappa shape index (κ1) is 12.2. The Morgan fingerprint density at radius 1 is 1.29 bits per heavy atom. The van der Waals surface area contributed by atoms with E-state index in [1.54, 1.807) is 26.2 Å². The number of hydrogen-bond acceptors (Lipinski definition) is 2. The van der Waals surface area contributed by atoms with Crippen LogP contribution in [0, 0.1) is 11.3 Å². The minimum atomic E-state index is 0.0926. The largest absolute Gasteiger partial charge is 0.349 e. The molecule has 0 atom stereocenters. The first-order valence-corrected chi connectivity index (χ1v) is 4.21. The second-order valence-corrected chi connectivity index (χ2v) is 2.89. The number of carbonyl (C=O) groups excluding carboxylic acids is 1. The molecule has 0 heterocycles. The van der Waals surface area contributed by atoms with Crippen LogP contribution in [-0.4, -0.2) is 24.9 Å². The molecule has 0 saturated carbocycles. The second-order valence-electron chi connectivity index (χ2n) is 2.89. The summed E-state index contributed by atoms with van der Waals surface area (Å²) in [5.41, 5.74) is 0.715. The normalized spacial score (nSPS) is 7.86. The fraction of sp³-hybridized carbons (Fsp3) is 0.273. The molecular weight excluding hydrogens is 176 g/mol. The maximum atomic E-state index is 10.1. The summed E-state index contributed by atoms with van der Waals surface area (Å²) < 4.78 is 0. The molecule has 0 unspecified atom stereocenters. The number of amides is 1. The highest BCUT2D eigenvalue weighted by molar-refractivity contribution is 5.72. The quantitative estimate of drug-likeness (QED) is 0.624. The van der Waals surface area contributed by atoms with Crippen LogP contribution in [0.5, 0.6) is 0 Å². The zero-order valence-corrected chi connectivity index (χ0v) is 8.69. The highest BCUT2D eigenvalue weighted by Gasteiger charge is 1.87. The van der Waals surface area contributed by atoms with E-state index in [9.17, 15) is 4.79 Å². The Balaban J connectivity index is 0.000000255. The van der Waals surface area contributed by atoms with E-state index >= 15 is 0 Å². The van der Waals surface area contributed by atoms with E-state index in [2.05, 4.69) is 0 Å². The molecule has 0 aliphatic carbocycles. The molecule has 0 aliphatic rings. The van der Waals surface area contributed by atoms with Crippen LogP contribution in [0.25, 0.3) is 0 Å². The molecule has 0 aromatic heterocycles. The Bertz CT molecular complexity index is 312. The van der Waals surface area contributed by atoms with Crippen LogP contribution in [0.2, 0.25) is 0 Å². The average Bonchev–Trinajstić information content (AvgIpc) is 2.20. The van der Waals surface area contributed by atoms with Crippen LogP contribution in [0.15, 0.2) is 30.3 Å². The summed E-state index contributed by atoms with van der Waals surface area (Å²) in [7, 11) is 3.45. The molecule has 1 aromatic carbocycles. The van der Waals surface area contributed by atoms with Crippen molar-refractivity contribution in [2.45, 2.75) is 6.92 Å². The number of nitrogens with zero attached hydrogens (tertiary/aromatic N) is 2. The number of hydrogen-bond donors (Lipinski definition) is 0. The summed E-state index contributed by atoms with van der Waals surface area (Å²) in [6.07, 6.45) is 0. The molecule has 0 saturated heterocycles. The maximum Gasteiger partial charge on any atom is 0.218 e. The van der Waals surface area contributed by atoms with Gasteiger partial charge in [-0.1, -0.05) is 18.2 Å². The van der Waals surface area contributed by atoms with Crippen LogP contribution >= 0.6 is 0 Å². The van der Waals surface area contributed by atoms with Gasteiger partial charge in [-0.05, 0) is 12.1 Å². The Morgan fingerprint density at radius 2 is 1.71 bits per heavy atom. The fourth-order valence-electron chi connectivity index (χ4n) is 0.513. The van der Waals surface area contributed by atoms with Gasteiger partial charge in [0.25, 0.3) is 0 Å². The van der Waals surface area contributed by atoms with E-state index in [0.717, 1.165) is 0 Å². The van der Waals surface area contributed by atoms with E-state index in [0.29, 0.717) is 5.56 Å². The van der Waals surface area contributed by atoms with Crippen LogP contribution in [0.4, 0.5) is 0 Å². The third-order valence-corrected chi connectivity index (χ3v) is 1.53. The summed E-state index contributed by atoms with van der Waals surface area (Å²) >= 11 is 0. The van der Waals surface area contributed by atoms with Gasteiger partial charge in [0.1, 0.15) is 0 Å². The molecule has 14 heavy (non-hydrogen) atoms. The topological polar surface area (TPSA) is 44.1 Å². The molecule has 0 fully saturated rings. The van der Waals surface area contributed by atoms with Gasteiger partial charge >= 0.3 is 0 Å². The lowest BCUT2D eigenvalue weighted by Gasteiger charge is -2.02. The molecule has 1 rings (SSSR count). The number of nitriles is 1. The van der Waals surface area contributed by atoms with Gasteiger partial charge < -0.3 is 4.90 Å². The third-order valence-electron chi connectivity index (χ3n) is 1.53. The Labute approximate surface area is 84.6 Å². The third kappa shape index (κ3) is 5.78. The summed E-state index contributed by atoms with van der Waals surface area (Å²) in [5, 5.41) is 8.29. The lowest BCUT2D eigenvalue weighted by Crippen LogP contribution is -2.17. The van der Waals surface area contributed by atoms with Crippen LogP contribution in [0.3, 0.4) is 0 Å². The van der Waals surface area contributed by atoms with E-state index < -0.39 is 0 Å². The van der Waals surface area contributed by atoms with Crippen molar-refractivity contribution in [3.05, 3.63) is 35.9 Å². The van der Waals surface area contributed by atoms with Crippen molar-refractivity contribution >= 4 is 5.91 Å². The van der Waals surface area contributed by atoms with Gasteiger partial charge in [0.05, 0.1) is 11.6 Å². The van der Waals surface area contributed by atoms with Crippen LogP contribution in [-0.2, 0) is 4.79 Å². The molecule has 0 spiro atoms. The molecule has 1 amide bonds. The highest BCUT2D eigenvalue weighted by Crippen LogP contribution is 1.93. The molecule has 3 nitrogen and oxygen atoms in total. The van der Waals surface area contributed by atoms with E-state index in [1.807, 2.05) is 24.3 Å². The SMILES string of the molecule is CC(=O)N(C)C.N#Cc1ccccc1. The minimum absolute atomic E-state index is 0.0926. The molecular formula is C11H14N2O. The van der Waals surface area contributed by atoms with Crippen molar-refractivity contribution in [3.63, 3.8) is 0 Å². The van der Waals surface area contributed by atoms with Gasteiger partial charge in [-0.2, -0.15) is 5.26 Å². The smallest absolute Gasteiger partial charge is 0.218 e. The highest BCUT2D eigenvalue weighted by atomic mass is 16.2. The molecule has 1 aromatic rings. The Kier molecular flexibility index (Phi) is 5.80. The van der Waals surface area contributed by atoms with Gasteiger partial charge in [0, 0.05) is 21.0 Å². The molecule has 3 heteroatoms. The maximum absolute atomic E-state index is 10.1. The molecule has 74 valence electrons. The van der Waals surface area contributed by atoms with Crippen molar-refractivity contribution in [1.29, 1.82) is 5.26 Å². The van der Waals surface area contributed by atoms with E-state index in [4.69, 9.17) is 5.26 Å². The predicted octanol–water partition coefficient (Wildman–Crippen LogP) is 1.65. The van der Waals surface area contributed by atoms with Gasteiger partial charge in [-0.15, -0.1) is 0 Å². The van der Waals surface area contributed by atoms with Crippen molar-refractivity contribution in [1.82, 2.24) is 4.90 Å². The molecule has 0 aliphatic heterocycles. The predicted molar refractivity (Wildman–Crippen MR) is 55.5 cm³/mol.